The molecule has 0 saturated carbocycles. The third-order valence-electron chi connectivity index (χ3n) is 1.88. The van der Waals surface area contributed by atoms with E-state index in [1.165, 1.54) is 4.98 Å². The lowest BCUT2D eigenvalue weighted by Gasteiger charge is -2.15. The number of aromatic nitrogens is 1. The first-order valence-corrected chi connectivity index (χ1v) is 4.09. The summed E-state index contributed by atoms with van der Waals surface area (Å²) in [5.74, 6) is 0. The molecule has 0 saturated heterocycles. The Balaban J connectivity index is 3.58. The number of H-pyrrole nitrogens is 1. The van der Waals surface area contributed by atoms with E-state index in [0.29, 0.717) is 6.07 Å². The summed E-state index contributed by atoms with van der Waals surface area (Å²) in [6.07, 6.45) is -8.40. The SMILES string of the molecule is NCc1cc(=O)[nH]c(C(F)F)c1C(F)(F)F. The van der Waals surface area contributed by atoms with E-state index < -0.39 is 41.5 Å². The van der Waals surface area contributed by atoms with Gasteiger partial charge in [-0.05, 0) is 5.56 Å². The maximum Gasteiger partial charge on any atom is 0.418 e. The highest BCUT2D eigenvalue weighted by molar-refractivity contribution is 5.33. The van der Waals surface area contributed by atoms with Crippen molar-refractivity contribution >= 4 is 0 Å². The molecule has 0 aliphatic rings. The van der Waals surface area contributed by atoms with Crippen molar-refractivity contribution < 1.29 is 22.0 Å². The number of alkyl halides is 5. The topological polar surface area (TPSA) is 58.9 Å². The van der Waals surface area contributed by atoms with Gasteiger partial charge < -0.3 is 10.7 Å². The van der Waals surface area contributed by atoms with Crippen molar-refractivity contribution in [3.63, 3.8) is 0 Å². The maximum absolute atomic E-state index is 12.5. The highest BCUT2D eigenvalue weighted by Crippen LogP contribution is 2.36. The monoisotopic (exact) mass is 242 g/mol. The minimum atomic E-state index is -4.98. The quantitative estimate of drug-likeness (QED) is 0.777. The number of pyridine rings is 1. The normalized spacial score (nSPS) is 12.2. The maximum atomic E-state index is 12.5. The average Bonchev–Trinajstić information content (AvgIpc) is 2.14. The zero-order valence-corrected chi connectivity index (χ0v) is 7.74. The largest absolute Gasteiger partial charge is 0.418 e. The van der Waals surface area contributed by atoms with E-state index in [9.17, 15) is 26.7 Å². The molecule has 0 fully saturated rings. The van der Waals surface area contributed by atoms with Crippen LogP contribution in [0.25, 0.3) is 0 Å². The zero-order chi connectivity index (χ0) is 12.5. The van der Waals surface area contributed by atoms with Crippen LogP contribution in [0.15, 0.2) is 10.9 Å². The lowest BCUT2D eigenvalue weighted by Crippen LogP contribution is -2.22. The van der Waals surface area contributed by atoms with Gasteiger partial charge in [-0.25, -0.2) is 8.78 Å². The third kappa shape index (κ3) is 2.38. The highest BCUT2D eigenvalue weighted by Gasteiger charge is 2.38. The molecule has 0 spiro atoms. The van der Waals surface area contributed by atoms with Crippen molar-refractivity contribution in [2.45, 2.75) is 19.1 Å². The van der Waals surface area contributed by atoms with Gasteiger partial charge in [0.05, 0.1) is 11.3 Å². The highest BCUT2D eigenvalue weighted by atomic mass is 19.4. The van der Waals surface area contributed by atoms with E-state index in [0.717, 1.165) is 0 Å². The molecule has 90 valence electrons. The Morgan fingerprint density at radius 2 is 1.94 bits per heavy atom. The molecule has 8 heteroatoms. The molecule has 3 nitrogen and oxygen atoms in total. The second kappa shape index (κ2) is 4.20. The van der Waals surface area contributed by atoms with Gasteiger partial charge in [0, 0.05) is 12.6 Å². The molecule has 0 aromatic carbocycles. The van der Waals surface area contributed by atoms with Crippen molar-refractivity contribution in [1.29, 1.82) is 0 Å². The molecule has 1 aromatic rings. The van der Waals surface area contributed by atoms with Crippen LogP contribution in [0.5, 0.6) is 0 Å². The molecule has 0 atom stereocenters. The first-order valence-electron chi connectivity index (χ1n) is 4.09. The first kappa shape index (κ1) is 12.6. The molecule has 0 aliphatic heterocycles. The van der Waals surface area contributed by atoms with Crippen LogP contribution in [0, 0.1) is 0 Å². The van der Waals surface area contributed by atoms with Gasteiger partial charge in [-0.3, -0.25) is 4.79 Å². The second-order valence-corrected chi connectivity index (χ2v) is 2.95. The Hall–Kier alpha value is -1.44. The Morgan fingerprint density at radius 1 is 1.38 bits per heavy atom. The van der Waals surface area contributed by atoms with Gasteiger partial charge in [0.15, 0.2) is 0 Å². The molecule has 0 bridgehead atoms. The van der Waals surface area contributed by atoms with Gasteiger partial charge in [-0.2, -0.15) is 13.2 Å². The standard InChI is InChI=1S/C8H7F5N2O/c9-7(10)6-5(8(11,12)13)3(2-14)1-4(16)15-6/h1,7H,2,14H2,(H,15,16). The molecule has 0 aliphatic carbocycles. The summed E-state index contributed by atoms with van der Waals surface area (Å²) < 4.78 is 62.1. The molecule has 1 heterocycles. The predicted octanol–water partition coefficient (Wildman–Crippen LogP) is 1.79. The number of nitrogens with one attached hydrogen (secondary N) is 1. The van der Waals surface area contributed by atoms with E-state index in [1.807, 2.05) is 0 Å². The van der Waals surface area contributed by atoms with Crippen molar-refractivity contribution in [3.05, 3.63) is 33.2 Å². The molecule has 0 amide bonds. The number of hydrogen-bond acceptors (Lipinski definition) is 2. The summed E-state index contributed by atoms with van der Waals surface area (Å²) in [7, 11) is 0. The van der Waals surface area contributed by atoms with Crippen molar-refractivity contribution in [2.75, 3.05) is 0 Å². The first-order chi connectivity index (χ1) is 7.27. The van der Waals surface area contributed by atoms with Crippen LogP contribution in [0.2, 0.25) is 0 Å². The van der Waals surface area contributed by atoms with Crippen LogP contribution in [-0.4, -0.2) is 4.98 Å². The van der Waals surface area contributed by atoms with Gasteiger partial charge in [0.25, 0.3) is 6.43 Å². The van der Waals surface area contributed by atoms with Gasteiger partial charge in [-0.1, -0.05) is 0 Å². The summed E-state index contributed by atoms with van der Waals surface area (Å²) in [5, 5.41) is 0. The summed E-state index contributed by atoms with van der Waals surface area (Å²) in [4.78, 5) is 12.3. The zero-order valence-electron chi connectivity index (χ0n) is 7.74. The van der Waals surface area contributed by atoms with Crippen LogP contribution in [0.4, 0.5) is 22.0 Å². The number of halogens is 5. The number of nitrogens with two attached hydrogens (primary N) is 1. The van der Waals surface area contributed by atoms with E-state index in [2.05, 4.69) is 0 Å². The van der Waals surface area contributed by atoms with Crippen molar-refractivity contribution in [1.82, 2.24) is 4.98 Å². The number of rotatable bonds is 2. The predicted molar refractivity (Wildman–Crippen MR) is 44.9 cm³/mol. The third-order valence-corrected chi connectivity index (χ3v) is 1.88. The van der Waals surface area contributed by atoms with E-state index in [-0.39, 0.29) is 0 Å². The van der Waals surface area contributed by atoms with E-state index in [1.54, 1.807) is 0 Å². The average molecular weight is 242 g/mol. The Labute approximate surface area is 86.1 Å². The van der Waals surface area contributed by atoms with Gasteiger partial charge in [-0.15, -0.1) is 0 Å². The Morgan fingerprint density at radius 3 is 2.31 bits per heavy atom. The summed E-state index contributed by atoms with van der Waals surface area (Å²) in [6.45, 7) is -0.640. The molecule has 0 unspecified atom stereocenters. The molecular formula is C8H7F5N2O. The van der Waals surface area contributed by atoms with Crippen LogP contribution in [-0.2, 0) is 12.7 Å². The van der Waals surface area contributed by atoms with Gasteiger partial charge >= 0.3 is 6.18 Å². The fraction of sp³-hybridized carbons (Fsp3) is 0.375. The lowest BCUT2D eigenvalue weighted by molar-refractivity contribution is -0.140. The second-order valence-electron chi connectivity index (χ2n) is 2.95. The van der Waals surface area contributed by atoms with Crippen LogP contribution >= 0.6 is 0 Å². The number of aromatic amines is 1. The minimum absolute atomic E-state index is 0.564. The molecule has 1 rings (SSSR count). The van der Waals surface area contributed by atoms with Crippen molar-refractivity contribution in [2.24, 2.45) is 5.73 Å². The molecular weight excluding hydrogens is 235 g/mol. The van der Waals surface area contributed by atoms with Crippen LogP contribution < -0.4 is 11.3 Å². The van der Waals surface area contributed by atoms with Gasteiger partial charge in [0.2, 0.25) is 5.56 Å². The van der Waals surface area contributed by atoms with E-state index >= 15 is 0 Å². The fourth-order valence-corrected chi connectivity index (χ4v) is 1.29. The Kier molecular flexibility index (Phi) is 3.32. The van der Waals surface area contributed by atoms with Crippen molar-refractivity contribution in [3.8, 4) is 0 Å². The fourth-order valence-electron chi connectivity index (χ4n) is 1.29. The molecule has 1 aromatic heterocycles. The smallest absolute Gasteiger partial charge is 0.326 e. The summed E-state index contributed by atoms with van der Waals surface area (Å²) in [5.41, 5.74) is 0.293. The molecule has 16 heavy (non-hydrogen) atoms. The van der Waals surface area contributed by atoms with E-state index in [4.69, 9.17) is 5.73 Å². The van der Waals surface area contributed by atoms with Gasteiger partial charge in [0.1, 0.15) is 0 Å². The number of hydrogen-bond donors (Lipinski definition) is 2. The van der Waals surface area contributed by atoms with Crippen LogP contribution in [0.1, 0.15) is 23.2 Å². The Bertz CT molecular complexity index is 437. The van der Waals surface area contributed by atoms with Crippen LogP contribution in [0.3, 0.4) is 0 Å². The lowest BCUT2D eigenvalue weighted by atomic mass is 10.1. The minimum Gasteiger partial charge on any atom is -0.326 e. The summed E-state index contributed by atoms with van der Waals surface area (Å²) >= 11 is 0. The summed E-state index contributed by atoms with van der Waals surface area (Å²) in [6, 6.07) is 0.564. The molecule has 3 N–H and O–H groups in total. The molecule has 0 radical (unpaired) electrons.